The molecule has 41 heavy (non-hydrogen) atoms. The Balaban J connectivity index is 1.49. The summed E-state index contributed by atoms with van der Waals surface area (Å²) in [5.41, 5.74) is -0.0788. The van der Waals surface area contributed by atoms with Gasteiger partial charge in [-0.25, -0.2) is 9.78 Å². The average Bonchev–Trinajstić information content (AvgIpc) is 3.35. The minimum atomic E-state index is -4.62. The number of carbonyl (C=O) groups is 1. The van der Waals surface area contributed by atoms with Crippen LogP contribution in [0.4, 0.5) is 13.2 Å². The Hall–Kier alpha value is -4.54. The van der Waals surface area contributed by atoms with E-state index in [4.69, 9.17) is 16.3 Å². The number of thiophene rings is 1. The van der Waals surface area contributed by atoms with Crippen LogP contribution in [-0.4, -0.2) is 43.4 Å². The molecule has 0 saturated heterocycles. The summed E-state index contributed by atoms with van der Waals surface area (Å²) in [6.07, 6.45) is -3.53. The van der Waals surface area contributed by atoms with Crippen LogP contribution in [-0.2, 0) is 13.0 Å². The number of ether oxygens (including phenoxy) is 1. The SMILES string of the molecule is Cc1nc2cnc(CC(F)(F)F)c(C#N)c2c(=O)n1CCOc1ccc(Cl)cc1-c1ccnc2c(C(=O)O)csc12. The summed E-state index contributed by atoms with van der Waals surface area (Å²) in [6.45, 7) is 1.46. The molecule has 0 bridgehead atoms. The van der Waals surface area contributed by atoms with Crippen molar-refractivity contribution >= 4 is 50.0 Å². The summed E-state index contributed by atoms with van der Waals surface area (Å²) in [4.78, 5) is 37.2. The molecule has 5 rings (SSSR count). The molecule has 4 heterocycles. The number of nitrogens with zero attached hydrogens (tertiary/aromatic N) is 5. The van der Waals surface area contributed by atoms with Crippen molar-refractivity contribution in [2.75, 3.05) is 6.61 Å². The first-order valence-corrected chi connectivity index (χ1v) is 13.1. The molecule has 0 radical (unpaired) electrons. The zero-order valence-corrected chi connectivity index (χ0v) is 22.6. The van der Waals surface area contributed by atoms with E-state index in [0.29, 0.717) is 32.1 Å². The van der Waals surface area contributed by atoms with Gasteiger partial charge in [0, 0.05) is 27.7 Å². The molecule has 0 fully saturated rings. The smallest absolute Gasteiger partial charge is 0.394 e. The van der Waals surface area contributed by atoms with Crippen LogP contribution >= 0.6 is 22.9 Å². The van der Waals surface area contributed by atoms with E-state index in [1.165, 1.54) is 27.5 Å². The van der Waals surface area contributed by atoms with Gasteiger partial charge in [-0.1, -0.05) is 11.6 Å². The number of carboxylic acid groups (broad SMARTS) is 1. The number of nitriles is 1. The number of aromatic nitrogens is 4. The van der Waals surface area contributed by atoms with Crippen LogP contribution in [0.2, 0.25) is 5.02 Å². The first-order chi connectivity index (χ1) is 19.5. The highest BCUT2D eigenvalue weighted by Gasteiger charge is 2.31. The molecule has 0 atom stereocenters. The number of fused-ring (bicyclic) bond motifs is 2. The molecule has 1 N–H and O–H groups in total. The molecule has 0 aliphatic heterocycles. The van der Waals surface area contributed by atoms with Crippen LogP contribution in [0.1, 0.15) is 27.4 Å². The van der Waals surface area contributed by atoms with Gasteiger partial charge in [0.1, 0.15) is 24.3 Å². The lowest BCUT2D eigenvalue weighted by Gasteiger charge is -2.15. The van der Waals surface area contributed by atoms with Crippen LogP contribution in [0.5, 0.6) is 5.75 Å². The summed E-state index contributed by atoms with van der Waals surface area (Å²) >= 11 is 7.48. The average molecular weight is 600 g/mol. The van der Waals surface area contributed by atoms with Crippen molar-refractivity contribution in [1.82, 2.24) is 19.5 Å². The minimum Gasteiger partial charge on any atom is -0.491 e. The van der Waals surface area contributed by atoms with Crippen LogP contribution in [0.3, 0.4) is 0 Å². The fourth-order valence-corrected chi connectivity index (χ4v) is 5.65. The number of halogens is 4. The third-order valence-electron chi connectivity index (χ3n) is 6.24. The third kappa shape index (κ3) is 5.44. The number of pyridine rings is 2. The molecule has 0 amide bonds. The number of hydrogen-bond acceptors (Lipinski definition) is 8. The topological polar surface area (TPSA) is 131 Å². The van der Waals surface area contributed by atoms with Gasteiger partial charge in [-0.05, 0) is 31.2 Å². The predicted octanol–water partition coefficient (Wildman–Crippen LogP) is 5.78. The number of aromatic carboxylic acids is 1. The second-order valence-corrected chi connectivity index (χ2v) is 10.2. The predicted molar refractivity (Wildman–Crippen MR) is 146 cm³/mol. The van der Waals surface area contributed by atoms with E-state index >= 15 is 0 Å². The maximum atomic E-state index is 13.4. The highest BCUT2D eigenvalue weighted by atomic mass is 35.5. The van der Waals surface area contributed by atoms with Gasteiger partial charge in [-0.2, -0.15) is 18.4 Å². The van der Waals surface area contributed by atoms with E-state index in [0.717, 1.165) is 6.20 Å². The molecular weight excluding hydrogens is 583 g/mol. The van der Waals surface area contributed by atoms with Gasteiger partial charge >= 0.3 is 12.1 Å². The van der Waals surface area contributed by atoms with Crippen molar-refractivity contribution in [1.29, 1.82) is 5.26 Å². The Morgan fingerprint density at radius 2 is 2.02 bits per heavy atom. The minimum absolute atomic E-state index is 0.0190. The molecule has 14 heteroatoms. The van der Waals surface area contributed by atoms with E-state index in [1.807, 2.05) is 0 Å². The summed E-state index contributed by atoms with van der Waals surface area (Å²) in [5, 5.41) is 20.7. The van der Waals surface area contributed by atoms with E-state index in [9.17, 15) is 33.1 Å². The maximum Gasteiger partial charge on any atom is 0.394 e. The Labute approximate surface area is 238 Å². The van der Waals surface area contributed by atoms with Gasteiger partial charge in [0.25, 0.3) is 5.56 Å². The fourth-order valence-electron chi connectivity index (χ4n) is 4.45. The van der Waals surface area contributed by atoms with E-state index in [-0.39, 0.29) is 35.4 Å². The number of benzene rings is 1. The lowest BCUT2D eigenvalue weighted by molar-refractivity contribution is -0.127. The highest BCUT2D eigenvalue weighted by Crippen LogP contribution is 2.39. The zero-order valence-electron chi connectivity index (χ0n) is 21.0. The molecular formula is C27H17ClF3N5O4S. The lowest BCUT2D eigenvalue weighted by atomic mass is 10.0. The molecule has 0 aliphatic rings. The molecule has 5 aromatic rings. The van der Waals surface area contributed by atoms with Crippen molar-refractivity contribution in [3.63, 3.8) is 0 Å². The summed E-state index contributed by atoms with van der Waals surface area (Å²) < 4.78 is 47.0. The maximum absolute atomic E-state index is 13.4. The van der Waals surface area contributed by atoms with Crippen molar-refractivity contribution in [3.05, 3.63) is 80.1 Å². The molecule has 0 spiro atoms. The summed E-state index contributed by atoms with van der Waals surface area (Å²) in [6, 6.07) is 8.30. The lowest BCUT2D eigenvalue weighted by Crippen LogP contribution is -2.28. The number of alkyl halides is 3. The van der Waals surface area contributed by atoms with Gasteiger partial charge in [0.2, 0.25) is 0 Å². The number of hydrogen-bond donors (Lipinski definition) is 1. The van der Waals surface area contributed by atoms with E-state index in [1.54, 1.807) is 37.3 Å². The van der Waals surface area contributed by atoms with Gasteiger partial charge in [-0.15, -0.1) is 11.3 Å². The molecule has 208 valence electrons. The quantitative estimate of drug-likeness (QED) is 0.249. The summed E-state index contributed by atoms with van der Waals surface area (Å²) in [7, 11) is 0. The van der Waals surface area contributed by atoms with Crippen molar-refractivity contribution < 1.29 is 27.8 Å². The Kier molecular flexibility index (Phi) is 7.37. The zero-order chi connectivity index (χ0) is 29.5. The third-order valence-corrected chi connectivity index (χ3v) is 7.48. The first kappa shape index (κ1) is 28.0. The Morgan fingerprint density at radius 1 is 1.24 bits per heavy atom. The Bertz CT molecular complexity index is 1950. The van der Waals surface area contributed by atoms with E-state index in [2.05, 4.69) is 15.0 Å². The van der Waals surface area contributed by atoms with Gasteiger partial charge in [0.05, 0.1) is 57.1 Å². The number of carboxylic acids is 1. The second-order valence-electron chi connectivity index (χ2n) is 8.84. The van der Waals surface area contributed by atoms with Gasteiger partial charge < -0.3 is 9.84 Å². The Morgan fingerprint density at radius 3 is 2.73 bits per heavy atom. The van der Waals surface area contributed by atoms with Crippen LogP contribution < -0.4 is 10.3 Å². The van der Waals surface area contributed by atoms with Crippen LogP contribution in [0.15, 0.2) is 46.8 Å². The number of aryl methyl sites for hydroxylation is 1. The van der Waals surface area contributed by atoms with Gasteiger partial charge in [-0.3, -0.25) is 19.3 Å². The van der Waals surface area contributed by atoms with Crippen molar-refractivity contribution in [3.8, 4) is 22.9 Å². The molecule has 9 nitrogen and oxygen atoms in total. The molecule has 1 aromatic carbocycles. The standard InChI is InChI=1S/C27H17ClF3N5O4S/c1-13-35-20-11-34-19(9-27(29,30)31)17(10-32)22(20)25(37)36(13)6-7-40-21-3-2-14(28)8-16(21)15-4-5-33-23-18(26(38)39)12-41-24(15)23/h2-5,8,11-12H,6-7,9H2,1H3,(H,38,39). The molecule has 0 aliphatic carbocycles. The van der Waals surface area contributed by atoms with Crippen molar-refractivity contribution in [2.24, 2.45) is 0 Å². The van der Waals surface area contributed by atoms with Crippen LogP contribution in [0, 0.1) is 18.3 Å². The molecule has 4 aromatic heterocycles. The van der Waals surface area contributed by atoms with Crippen molar-refractivity contribution in [2.45, 2.75) is 26.1 Å². The van der Waals surface area contributed by atoms with E-state index < -0.39 is 35.4 Å². The van der Waals surface area contributed by atoms with Crippen LogP contribution in [0.25, 0.3) is 32.2 Å². The summed E-state index contributed by atoms with van der Waals surface area (Å²) in [5.74, 6) is -0.456. The largest absolute Gasteiger partial charge is 0.491 e. The fraction of sp³-hybridized carbons (Fsp3) is 0.185. The number of rotatable bonds is 7. The molecule has 0 unspecified atom stereocenters. The molecule has 0 saturated carbocycles. The monoisotopic (exact) mass is 599 g/mol. The second kappa shape index (κ2) is 10.8. The normalized spacial score (nSPS) is 11.6. The highest BCUT2D eigenvalue weighted by molar-refractivity contribution is 7.18. The first-order valence-electron chi connectivity index (χ1n) is 11.9. The van der Waals surface area contributed by atoms with Gasteiger partial charge in [0.15, 0.2) is 0 Å².